The van der Waals surface area contributed by atoms with E-state index in [-0.39, 0.29) is 0 Å². The topological polar surface area (TPSA) is 80.8 Å². The summed E-state index contributed by atoms with van der Waals surface area (Å²) in [7, 11) is 4.27. The maximum atomic E-state index is 5.06. The number of nitrogens with zero attached hydrogens (tertiary/aromatic N) is 9. The van der Waals surface area contributed by atoms with Crippen LogP contribution >= 0.6 is 0 Å². The fourth-order valence-corrected chi connectivity index (χ4v) is 4.93. The van der Waals surface area contributed by atoms with E-state index in [1.165, 1.54) is 5.52 Å². The van der Waals surface area contributed by atoms with E-state index in [1.807, 2.05) is 24.6 Å². The average molecular weight is 444 g/mol. The van der Waals surface area contributed by atoms with Gasteiger partial charge < -0.3 is 14.4 Å². The van der Waals surface area contributed by atoms with Crippen molar-refractivity contribution >= 4 is 17.0 Å². The molecule has 2 unspecified atom stereocenters. The molecule has 1 aromatic carbocycles. The number of anilines is 1. The third-order valence-electron chi connectivity index (χ3n) is 6.92. The number of aromatic nitrogens is 7. The van der Waals surface area contributed by atoms with Gasteiger partial charge in [0.1, 0.15) is 17.5 Å². The summed E-state index contributed by atoms with van der Waals surface area (Å²) in [5, 5.41) is 4.59. The standard InChI is InChI=1S/C24H29N9/c1-15-25-16(2)33(29-15)22-14-20(27-24(28-22)32-11-9-30(3)10-12-32)17-13-18(17)23-26-19-7-5-6-8-21(19)31(23)4/h5-8,14,17-18H,9-13H2,1-4H3. The van der Waals surface area contributed by atoms with Crippen molar-refractivity contribution in [3.8, 4) is 5.82 Å². The van der Waals surface area contributed by atoms with Crippen LogP contribution in [0.5, 0.6) is 0 Å². The minimum absolute atomic E-state index is 0.332. The van der Waals surface area contributed by atoms with Crippen LogP contribution in [0.1, 0.15) is 41.4 Å². The van der Waals surface area contributed by atoms with E-state index >= 15 is 0 Å². The zero-order valence-electron chi connectivity index (χ0n) is 19.6. The zero-order chi connectivity index (χ0) is 22.7. The molecular weight excluding hydrogens is 414 g/mol. The molecule has 2 fully saturated rings. The molecule has 6 rings (SSSR count). The fraction of sp³-hybridized carbons (Fsp3) is 0.458. The van der Waals surface area contributed by atoms with Crippen molar-refractivity contribution in [1.82, 2.24) is 39.2 Å². The molecule has 0 N–H and O–H groups in total. The number of aryl methyl sites for hydroxylation is 3. The van der Waals surface area contributed by atoms with Crippen LogP contribution in [0.15, 0.2) is 30.3 Å². The highest BCUT2D eigenvalue weighted by molar-refractivity contribution is 5.76. The fourth-order valence-electron chi connectivity index (χ4n) is 4.93. The van der Waals surface area contributed by atoms with Crippen LogP contribution in [0.25, 0.3) is 16.9 Å². The lowest BCUT2D eigenvalue weighted by Gasteiger charge is -2.32. The number of likely N-dealkylation sites (N-methyl/N-ethyl adjacent to an activating group) is 1. The second-order valence-corrected chi connectivity index (χ2v) is 9.33. The van der Waals surface area contributed by atoms with Gasteiger partial charge in [0.2, 0.25) is 5.95 Å². The molecule has 9 nitrogen and oxygen atoms in total. The molecule has 0 radical (unpaired) electrons. The van der Waals surface area contributed by atoms with Crippen LogP contribution in [0.4, 0.5) is 5.95 Å². The highest BCUT2D eigenvalue weighted by Gasteiger charge is 2.44. The van der Waals surface area contributed by atoms with E-state index in [9.17, 15) is 0 Å². The summed E-state index contributed by atoms with van der Waals surface area (Å²) in [5.74, 6) is 5.00. The molecule has 33 heavy (non-hydrogen) atoms. The SMILES string of the molecule is Cc1nc(C)n(-c2cc(C3CC3c3nc4ccccc4n3C)nc(N3CCN(C)CC3)n2)n1. The molecule has 170 valence electrons. The first kappa shape index (κ1) is 20.3. The first-order chi connectivity index (χ1) is 16.0. The van der Waals surface area contributed by atoms with E-state index in [1.54, 1.807) is 0 Å². The van der Waals surface area contributed by atoms with Gasteiger partial charge in [0.05, 0.1) is 16.7 Å². The van der Waals surface area contributed by atoms with Gasteiger partial charge in [-0.05, 0) is 39.4 Å². The molecule has 0 spiro atoms. The van der Waals surface area contributed by atoms with Gasteiger partial charge in [0, 0.05) is 51.1 Å². The minimum atomic E-state index is 0.332. The Morgan fingerprint density at radius 1 is 0.879 bits per heavy atom. The van der Waals surface area contributed by atoms with Gasteiger partial charge >= 0.3 is 0 Å². The van der Waals surface area contributed by atoms with Gasteiger partial charge in [-0.3, -0.25) is 0 Å². The van der Waals surface area contributed by atoms with Crippen LogP contribution < -0.4 is 4.90 Å². The Hall–Kier alpha value is -3.33. The molecule has 1 aliphatic heterocycles. The van der Waals surface area contributed by atoms with Crippen LogP contribution in [-0.2, 0) is 7.05 Å². The van der Waals surface area contributed by atoms with Crippen molar-refractivity contribution in [2.75, 3.05) is 38.1 Å². The summed E-state index contributed by atoms with van der Waals surface area (Å²) in [5.41, 5.74) is 3.29. The van der Waals surface area contributed by atoms with Crippen molar-refractivity contribution in [1.29, 1.82) is 0 Å². The van der Waals surface area contributed by atoms with Crippen molar-refractivity contribution in [3.63, 3.8) is 0 Å². The first-order valence-electron chi connectivity index (χ1n) is 11.6. The third kappa shape index (κ3) is 3.56. The number of fused-ring (bicyclic) bond motifs is 1. The number of imidazole rings is 1. The number of hydrogen-bond donors (Lipinski definition) is 0. The van der Waals surface area contributed by atoms with E-state index in [0.29, 0.717) is 11.8 Å². The lowest BCUT2D eigenvalue weighted by molar-refractivity contribution is 0.311. The van der Waals surface area contributed by atoms with Crippen LogP contribution in [0, 0.1) is 13.8 Å². The first-order valence-corrected chi connectivity index (χ1v) is 11.6. The third-order valence-corrected chi connectivity index (χ3v) is 6.92. The minimum Gasteiger partial charge on any atom is -0.338 e. The van der Waals surface area contributed by atoms with E-state index in [4.69, 9.17) is 15.0 Å². The predicted octanol–water partition coefficient (Wildman–Crippen LogP) is 2.58. The van der Waals surface area contributed by atoms with Crippen LogP contribution in [-0.4, -0.2) is 72.4 Å². The van der Waals surface area contributed by atoms with Crippen molar-refractivity contribution in [2.24, 2.45) is 7.05 Å². The lowest BCUT2D eigenvalue weighted by Crippen LogP contribution is -2.45. The molecule has 0 bridgehead atoms. The summed E-state index contributed by atoms with van der Waals surface area (Å²) < 4.78 is 4.07. The Kier molecular flexibility index (Phi) is 4.69. The smallest absolute Gasteiger partial charge is 0.227 e. The molecule has 9 heteroatoms. The molecule has 2 atom stereocenters. The van der Waals surface area contributed by atoms with Gasteiger partial charge in [-0.1, -0.05) is 12.1 Å². The number of benzene rings is 1. The lowest BCUT2D eigenvalue weighted by atomic mass is 10.2. The van der Waals surface area contributed by atoms with Crippen LogP contribution in [0.3, 0.4) is 0 Å². The van der Waals surface area contributed by atoms with Crippen molar-refractivity contribution in [3.05, 3.63) is 53.5 Å². The molecule has 1 saturated carbocycles. The summed E-state index contributed by atoms with van der Waals surface area (Å²) in [6.07, 6.45) is 1.05. The second kappa shape index (κ2) is 7.62. The summed E-state index contributed by atoms with van der Waals surface area (Å²) >= 11 is 0. The summed E-state index contributed by atoms with van der Waals surface area (Å²) in [6.45, 7) is 7.75. The van der Waals surface area contributed by atoms with E-state index in [0.717, 1.165) is 73.0 Å². The Morgan fingerprint density at radius 2 is 1.67 bits per heavy atom. The van der Waals surface area contributed by atoms with Gasteiger partial charge in [0.25, 0.3) is 0 Å². The number of piperazine rings is 1. The number of hydrogen-bond acceptors (Lipinski definition) is 7. The van der Waals surface area contributed by atoms with E-state index in [2.05, 4.69) is 62.8 Å². The highest BCUT2D eigenvalue weighted by atomic mass is 15.4. The maximum absolute atomic E-state index is 5.06. The molecule has 1 saturated heterocycles. The molecule has 3 aromatic heterocycles. The maximum Gasteiger partial charge on any atom is 0.227 e. The summed E-state index contributed by atoms with van der Waals surface area (Å²) in [4.78, 5) is 24.0. The van der Waals surface area contributed by atoms with Crippen molar-refractivity contribution < 1.29 is 0 Å². The summed E-state index contributed by atoms with van der Waals surface area (Å²) in [6, 6.07) is 10.4. The zero-order valence-corrected chi connectivity index (χ0v) is 19.6. The largest absolute Gasteiger partial charge is 0.338 e. The van der Waals surface area contributed by atoms with Gasteiger partial charge in [-0.15, -0.1) is 5.10 Å². The van der Waals surface area contributed by atoms with Gasteiger partial charge in [-0.25, -0.2) is 15.0 Å². The molecular formula is C24H29N9. The Morgan fingerprint density at radius 3 is 2.39 bits per heavy atom. The normalized spacial score (nSPS) is 21.2. The van der Waals surface area contributed by atoms with Gasteiger partial charge in [-0.2, -0.15) is 9.67 Å². The quantitative estimate of drug-likeness (QED) is 0.480. The molecule has 4 heterocycles. The molecule has 1 aliphatic carbocycles. The molecule has 2 aliphatic rings. The highest BCUT2D eigenvalue weighted by Crippen LogP contribution is 2.54. The Bertz CT molecular complexity index is 1330. The Balaban J connectivity index is 1.38. The second-order valence-electron chi connectivity index (χ2n) is 9.33. The van der Waals surface area contributed by atoms with E-state index < -0.39 is 0 Å². The van der Waals surface area contributed by atoms with Gasteiger partial charge in [0.15, 0.2) is 5.82 Å². The Labute approximate surface area is 193 Å². The molecule has 0 amide bonds. The number of para-hydroxylation sites is 2. The predicted molar refractivity (Wildman–Crippen MR) is 127 cm³/mol. The monoisotopic (exact) mass is 443 g/mol. The molecule has 4 aromatic rings. The van der Waals surface area contributed by atoms with Crippen molar-refractivity contribution in [2.45, 2.75) is 32.1 Å². The van der Waals surface area contributed by atoms with Crippen LogP contribution in [0.2, 0.25) is 0 Å². The average Bonchev–Trinajstić information content (AvgIpc) is 3.44. The number of rotatable bonds is 4.